The molecule has 23 heavy (non-hydrogen) atoms. The zero-order chi connectivity index (χ0) is 16.8. The van der Waals surface area contributed by atoms with E-state index in [-0.39, 0.29) is 17.5 Å². The molecule has 1 aliphatic heterocycles. The number of hydrogen-bond donors (Lipinski definition) is 2. The van der Waals surface area contributed by atoms with Crippen molar-refractivity contribution in [1.82, 2.24) is 5.32 Å². The quantitative estimate of drug-likeness (QED) is 0.594. The van der Waals surface area contributed by atoms with Crippen LogP contribution in [-0.4, -0.2) is 47.8 Å². The number of carbonyl (C=O) groups is 2. The topological polar surface area (TPSA) is 110 Å². The van der Waals surface area contributed by atoms with Gasteiger partial charge in [0, 0.05) is 11.6 Å². The van der Waals surface area contributed by atoms with Gasteiger partial charge in [-0.25, -0.2) is 0 Å². The van der Waals surface area contributed by atoms with E-state index in [1.807, 2.05) is 0 Å². The molecule has 1 heterocycles. The number of nitrogens with one attached hydrogen (secondary N) is 1. The molecule has 1 aromatic carbocycles. The van der Waals surface area contributed by atoms with Gasteiger partial charge in [-0.1, -0.05) is 11.8 Å². The fraction of sp³-hybridized carbons (Fsp3) is 0.286. The third-order valence-electron chi connectivity index (χ3n) is 2.92. The maximum atomic E-state index is 11.6. The van der Waals surface area contributed by atoms with Crippen molar-refractivity contribution in [2.24, 2.45) is 10.2 Å². The number of methoxy groups -OCH3 is 2. The first kappa shape index (κ1) is 16.8. The van der Waals surface area contributed by atoms with Crippen LogP contribution in [0.15, 0.2) is 28.4 Å². The Bertz CT molecular complexity index is 674. The Morgan fingerprint density at radius 1 is 1.43 bits per heavy atom. The van der Waals surface area contributed by atoms with Crippen LogP contribution in [-0.2, 0) is 9.59 Å². The molecule has 1 aromatic rings. The summed E-state index contributed by atoms with van der Waals surface area (Å²) in [5, 5.41) is 18.6. The predicted octanol–water partition coefficient (Wildman–Crippen LogP) is 1.10. The second-order valence-corrected chi connectivity index (χ2v) is 5.64. The summed E-state index contributed by atoms with van der Waals surface area (Å²) in [5.41, 5.74) is 0.689. The average molecular weight is 337 g/mol. The van der Waals surface area contributed by atoms with Crippen molar-refractivity contribution in [3.05, 3.63) is 23.8 Å². The van der Waals surface area contributed by atoms with E-state index < -0.39 is 11.2 Å². The molecule has 1 fully saturated rings. The number of nitrogens with zero attached hydrogens (tertiary/aromatic N) is 2. The summed E-state index contributed by atoms with van der Waals surface area (Å²) in [5.74, 6) is -0.195. The van der Waals surface area contributed by atoms with E-state index in [1.165, 1.54) is 13.3 Å². The Kier molecular flexibility index (Phi) is 5.58. The number of ether oxygens (including phenoxy) is 2. The smallest absolute Gasteiger partial charge is 0.305 e. The minimum atomic E-state index is -1.04. The third-order valence-corrected chi connectivity index (χ3v) is 3.99. The Hall–Kier alpha value is -2.55. The van der Waals surface area contributed by atoms with Crippen LogP contribution in [0.3, 0.4) is 0 Å². The first-order chi connectivity index (χ1) is 11.0. The fourth-order valence-electron chi connectivity index (χ4n) is 1.81. The van der Waals surface area contributed by atoms with Crippen molar-refractivity contribution < 1.29 is 24.2 Å². The van der Waals surface area contributed by atoms with Crippen LogP contribution in [0.25, 0.3) is 0 Å². The highest BCUT2D eigenvalue weighted by molar-refractivity contribution is 8.15. The lowest BCUT2D eigenvalue weighted by Gasteiger charge is -2.06. The zero-order valence-corrected chi connectivity index (χ0v) is 13.3. The van der Waals surface area contributed by atoms with Crippen LogP contribution in [0.4, 0.5) is 0 Å². The average Bonchev–Trinajstić information content (AvgIpc) is 2.86. The number of hydrogen-bond acceptors (Lipinski definition) is 7. The molecule has 1 aliphatic rings. The fourth-order valence-corrected chi connectivity index (χ4v) is 2.73. The third kappa shape index (κ3) is 4.46. The van der Waals surface area contributed by atoms with E-state index in [1.54, 1.807) is 25.3 Å². The molecule has 0 unspecified atom stereocenters. The lowest BCUT2D eigenvalue weighted by atomic mass is 10.2. The minimum absolute atomic E-state index is 0.258. The van der Waals surface area contributed by atoms with Gasteiger partial charge in [0.1, 0.15) is 16.7 Å². The summed E-state index contributed by atoms with van der Waals surface area (Å²) < 4.78 is 10.3. The van der Waals surface area contributed by atoms with E-state index in [2.05, 4.69) is 15.5 Å². The summed E-state index contributed by atoms with van der Waals surface area (Å²) in [7, 11) is 3.09. The van der Waals surface area contributed by atoms with Gasteiger partial charge < -0.3 is 19.9 Å². The molecule has 2 N–H and O–H groups in total. The molecule has 122 valence electrons. The standard InChI is InChI=1S/C14H15N3O5S/c1-21-9-4-3-8(10(5-9)22-2)7-15-17-14-16-13(20)11(23-14)6-12(18)19/h3-5,7,11H,6H2,1-2H3,(H,18,19)(H,16,17,20)/b15-7-/t11-/m0/s1. The first-order valence-corrected chi connectivity index (χ1v) is 7.44. The minimum Gasteiger partial charge on any atom is -0.497 e. The van der Waals surface area contributed by atoms with Gasteiger partial charge in [0.05, 0.1) is 26.9 Å². The van der Waals surface area contributed by atoms with Gasteiger partial charge >= 0.3 is 5.97 Å². The number of carboxylic acids is 1. The van der Waals surface area contributed by atoms with E-state index >= 15 is 0 Å². The van der Waals surface area contributed by atoms with E-state index in [0.717, 1.165) is 11.8 Å². The number of thioether (sulfide) groups is 1. The molecular weight excluding hydrogens is 322 g/mol. The van der Waals surface area contributed by atoms with Gasteiger partial charge in [0.25, 0.3) is 0 Å². The van der Waals surface area contributed by atoms with Crippen LogP contribution in [0.1, 0.15) is 12.0 Å². The van der Waals surface area contributed by atoms with Gasteiger partial charge in [-0.2, -0.15) is 5.10 Å². The molecule has 0 radical (unpaired) electrons. The zero-order valence-electron chi connectivity index (χ0n) is 12.5. The largest absolute Gasteiger partial charge is 0.497 e. The van der Waals surface area contributed by atoms with Crippen molar-refractivity contribution >= 4 is 35.0 Å². The number of amides is 1. The van der Waals surface area contributed by atoms with Gasteiger partial charge in [-0.3, -0.25) is 9.59 Å². The molecule has 1 saturated heterocycles. The summed E-state index contributed by atoms with van der Waals surface area (Å²) in [6.45, 7) is 0. The summed E-state index contributed by atoms with van der Waals surface area (Å²) >= 11 is 1.04. The van der Waals surface area contributed by atoms with Gasteiger partial charge in [0.15, 0.2) is 5.17 Å². The SMILES string of the molecule is COc1ccc(/C=N\N=C2\NC(=O)[C@H](CC(=O)O)S2)c(OC)c1. The molecular formula is C14H15N3O5S. The summed E-state index contributed by atoms with van der Waals surface area (Å²) in [6, 6.07) is 5.23. The second kappa shape index (κ2) is 7.63. The number of carbonyl (C=O) groups excluding carboxylic acids is 1. The number of benzene rings is 1. The molecule has 0 saturated carbocycles. The second-order valence-electron chi connectivity index (χ2n) is 4.45. The van der Waals surface area contributed by atoms with Gasteiger partial charge in [-0.05, 0) is 12.1 Å². The molecule has 2 rings (SSSR count). The van der Waals surface area contributed by atoms with Gasteiger partial charge in [0.2, 0.25) is 5.91 Å². The Balaban J connectivity index is 2.07. The molecule has 1 atom stereocenters. The molecule has 0 bridgehead atoms. The lowest BCUT2D eigenvalue weighted by Crippen LogP contribution is -2.26. The van der Waals surface area contributed by atoms with Crippen LogP contribution in [0.5, 0.6) is 11.5 Å². The summed E-state index contributed by atoms with van der Waals surface area (Å²) in [4.78, 5) is 22.2. The van der Waals surface area contributed by atoms with Crippen molar-refractivity contribution in [2.75, 3.05) is 14.2 Å². The van der Waals surface area contributed by atoms with Crippen molar-refractivity contribution in [1.29, 1.82) is 0 Å². The van der Waals surface area contributed by atoms with Crippen molar-refractivity contribution in [2.45, 2.75) is 11.7 Å². The highest BCUT2D eigenvalue weighted by atomic mass is 32.2. The molecule has 0 aliphatic carbocycles. The number of carboxylic acid groups (broad SMARTS) is 1. The Labute approximate surface area is 136 Å². The number of aliphatic carboxylic acids is 1. The maximum Gasteiger partial charge on any atom is 0.305 e. The first-order valence-electron chi connectivity index (χ1n) is 6.56. The van der Waals surface area contributed by atoms with E-state index in [0.29, 0.717) is 17.1 Å². The normalized spacial score (nSPS) is 19.1. The molecule has 9 heteroatoms. The highest BCUT2D eigenvalue weighted by Crippen LogP contribution is 2.24. The predicted molar refractivity (Wildman–Crippen MR) is 86.3 cm³/mol. The van der Waals surface area contributed by atoms with Crippen molar-refractivity contribution in [3.8, 4) is 11.5 Å². The van der Waals surface area contributed by atoms with Crippen LogP contribution in [0.2, 0.25) is 0 Å². The number of rotatable bonds is 6. The molecule has 0 spiro atoms. The van der Waals surface area contributed by atoms with Crippen LogP contribution < -0.4 is 14.8 Å². The van der Waals surface area contributed by atoms with Crippen molar-refractivity contribution in [3.63, 3.8) is 0 Å². The molecule has 0 aromatic heterocycles. The van der Waals surface area contributed by atoms with Gasteiger partial charge in [-0.15, -0.1) is 5.10 Å². The Morgan fingerprint density at radius 2 is 2.22 bits per heavy atom. The van der Waals surface area contributed by atoms with Crippen LogP contribution in [0, 0.1) is 0 Å². The van der Waals surface area contributed by atoms with E-state index in [9.17, 15) is 9.59 Å². The highest BCUT2D eigenvalue weighted by Gasteiger charge is 2.32. The lowest BCUT2D eigenvalue weighted by molar-refractivity contribution is -0.138. The van der Waals surface area contributed by atoms with Crippen LogP contribution >= 0.6 is 11.8 Å². The monoisotopic (exact) mass is 337 g/mol. The summed E-state index contributed by atoms with van der Waals surface area (Å²) in [6.07, 6.45) is 1.22. The number of amidine groups is 1. The molecule has 8 nitrogen and oxygen atoms in total. The van der Waals surface area contributed by atoms with E-state index in [4.69, 9.17) is 14.6 Å². The maximum absolute atomic E-state index is 11.6. The Morgan fingerprint density at radius 3 is 2.87 bits per heavy atom. The molecule has 1 amide bonds.